The fraction of sp³-hybridized carbons (Fsp3) is 0.263. The lowest BCUT2D eigenvalue weighted by atomic mass is 10.2. The molecule has 0 radical (unpaired) electrons. The van der Waals surface area contributed by atoms with E-state index in [2.05, 4.69) is 15.8 Å². The molecular weight excluding hydrogens is 380 g/mol. The third-order valence-electron chi connectivity index (χ3n) is 3.53. The normalized spacial score (nSPS) is 10.5. The Morgan fingerprint density at radius 2 is 1.93 bits per heavy atom. The van der Waals surface area contributed by atoms with Crippen LogP contribution < -0.4 is 20.2 Å². The molecule has 9 heteroatoms. The van der Waals surface area contributed by atoms with E-state index >= 15 is 0 Å². The van der Waals surface area contributed by atoms with Gasteiger partial charge in [0, 0.05) is 18.7 Å². The molecule has 0 bridgehead atoms. The van der Waals surface area contributed by atoms with Crippen molar-refractivity contribution in [3.8, 4) is 11.5 Å². The molecule has 2 rings (SSSR count). The highest BCUT2D eigenvalue weighted by Crippen LogP contribution is 2.29. The fourth-order valence-electron chi connectivity index (χ4n) is 2.23. The molecule has 0 aliphatic heterocycles. The molecule has 0 amide bonds. The Hall–Kier alpha value is -3.20. The van der Waals surface area contributed by atoms with Gasteiger partial charge in [-0.2, -0.15) is 5.10 Å². The minimum absolute atomic E-state index is 0.0459. The minimum Gasteiger partial charge on any atom is -0.490 e. The van der Waals surface area contributed by atoms with Crippen molar-refractivity contribution in [1.29, 1.82) is 0 Å². The number of nitrogens with zero attached hydrogens (tertiary/aromatic N) is 2. The van der Waals surface area contributed by atoms with E-state index in [1.807, 2.05) is 26.0 Å². The smallest absolute Gasteiger partial charge is 0.269 e. The van der Waals surface area contributed by atoms with Crippen LogP contribution >= 0.6 is 12.2 Å². The number of hydrogen-bond acceptors (Lipinski definition) is 6. The van der Waals surface area contributed by atoms with Crippen LogP contribution in [0.2, 0.25) is 0 Å². The van der Waals surface area contributed by atoms with E-state index in [9.17, 15) is 10.1 Å². The molecule has 0 fully saturated rings. The Balaban J connectivity index is 2.04. The molecule has 0 saturated carbocycles. The molecule has 8 nitrogen and oxygen atoms in total. The molecule has 0 heterocycles. The molecule has 0 atom stereocenters. The lowest BCUT2D eigenvalue weighted by Gasteiger charge is -2.12. The van der Waals surface area contributed by atoms with Gasteiger partial charge in [0.1, 0.15) is 6.61 Å². The number of non-ortho nitro benzene ring substituents is 1. The zero-order valence-electron chi connectivity index (χ0n) is 15.7. The van der Waals surface area contributed by atoms with Crippen LogP contribution in [0, 0.1) is 10.1 Å². The highest BCUT2D eigenvalue weighted by Gasteiger charge is 2.08. The zero-order chi connectivity index (χ0) is 20.4. The van der Waals surface area contributed by atoms with Gasteiger partial charge < -0.3 is 14.8 Å². The number of rotatable bonds is 9. The standard InChI is InChI=1S/C19H22N4O4S/c1-3-20-19(28)22-21-12-15-7-10-17(18(11-15)26-4-2)27-13-14-5-8-16(9-6-14)23(24)25/h5-12H,3-4,13H2,1-2H3,(H2,20,22,28)/b21-12+. The van der Waals surface area contributed by atoms with E-state index in [4.69, 9.17) is 21.7 Å². The Morgan fingerprint density at radius 1 is 1.18 bits per heavy atom. The number of hydrogen-bond donors (Lipinski definition) is 2. The summed E-state index contributed by atoms with van der Waals surface area (Å²) in [7, 11) is 0. The van der Waals surface area contributed by atoms with Crippen molar-refractivity contribution >= 4 is 29.2 Å². The number of nitrogens with one attached hydrogen (secondary N) is 2. The molecule has 0 aliphatic rings. The van der Waals surface area contributed by atoms with Crippen LogP contribution in [0.15, 0.2) is 47.6 Å². The molecule has 2 aromatic rings. The van der Waals surface area contributed by atoms with Gasteiger partial charge in [0.15, 0.2) is 16.6 Å². The summed E-state index contributed by atoms with van der Waals surface area (Å²) in [6, 6.07) is 11.7. The summed E-state index contributed by atoms with van der Waals surface area (Å²) in [4.78, 5) is 10.3. The number of nitro benzene ring substituents is 1. The number of thiocarbonyl (C=S) groups is 1. The Labute approximate surface area is 168 Å². The maximum Gasteiger partial charge on any atom is 0.269 e. The summed E-state index contributed by atoms with van der Waals surface area (Å²) < 4.78 is 11.5. The van der Waals surface area contributed by atoms with Crippen LogP contribution in [-0.4, -0.2) is 29.4 Å². The van der Waals surface area contributed by atoms with E-state index in [1.54, 1.807) is 24.4 Å². The molecule has 2 N–H and O–H groups in total. The first kappa shape index (κ1) is 21.1. The summed E-state index contributed by atoms with van der Waals surface area (Å²) >= 11 is 5.04. The van der Waals surface area contributed by atoms with Crippen LogP contribution in [0.4, 0.5) is 5.69 Å². The number of benzene rings is 2. The number of nitro groups is 1. The van der Waals surface area contributed by atoms with Crippen molar-refractivity contribution < 1.29 is 14.4 Å². The second-order valence-corrected chi connectivity index (χ2v) is 5.99. The largest absolute Gasteiger partial charge is 0.490 e. The van der Waals surface area contributed by atoms with Crippen molar-refractivity contribution in [2.45, 2.75) is 20.5 Å². The molecule has 0 saturated heterocycles. The highest BCUT2D eigenvalue weighted by atomic mass is 32.1. The van der Waals surface area contributed by atoms with Crippen LogP contribution in [0.1, 0.15) is 25.0 Å². The van der Waals surface area contributed by atoms with Crippen molar-refractivity contribution in [1.82, 2.24) is 10.7 Å². The monoisotopic (exact) mass is 402 g/mol. The van der Waals surface area contributed by atoms with Gasteiger partial charge in [-0.15, -0.1) is 0 Å². The van der Waals surface area contributed by atoms with Crippen molar-refractivity contribution in [2.75, 3.05) is 13.2 Å². The lowest BCUT2D eigenvalue weighted by molar-refractivity contribution is -0.384. The third kappa shape index (κ3) is 6.51. The van der Waals surface area contributed by atoms with Crippen LogP contribution in [0.5, 0.6) is 11.5 Å². The van der Waals surface area contributed by atoms with Gasteiger partial charge in [-0.1, -0.05) is 0 Å². The summed E-state index contributed by atoms with van der Waals surface area (Å²) in [5, 5.41) is 18.2. The van der Waals surface area contributed by atoms with Crippen LogP contribution in [0.3, 0.4) is 0 Å². The summed E-state index contributed by atoms with van der Waals surface area (Å²) in [5.41, 5.74) is 4.41. The van der Waals surface area contributed by atoms with Gasteiger partial charge in [0.05, 0.1) is 17.7 Å². The number of hydrazone groups is 1. The molecule has 28 heavy (non-hydrogen) atoms. The zero-order valence-corrected chi connectivity index (χ0v) is 16.5. The van der Waals surface area contributed by atoms with Gasteiger partial charge in [-0.3, -0.25) is 15.5 Å². The first-order chi connectivity index (χ1) is 13.5. The predicted molar refractivity (Wildman–Crippen MR) is 112 cm³/mol. The quantitative estimate of drug-likeness (QED) is 0.287. The molecule has 148 valence electrons. The first-order valence-corrected chi connectivity index (χ1v) is 9.14. The van der Waals surface area contributed by atoms with Crippen molar-refractivity contribution in [2.24, 2.45) is 5.10 Å². The second kappa shape index (κ2) is 10.8. The average Bonchev–Trinajstić information content (AvgIpc) is 2.68. The lowest BCUT2D eigenvalue weighted by Crippen LogP contribution is -2.31. The van der Waals surface area contributed by atoms with Gasteiger partial charge in [-0.25, -0.2) is 0 Å². The Kier molecular flexibility index (Phi) is 8.16. The number of ether oxygens (including phenoxy) is 2. The Morgan fingerprint density at radius 3 is 2.57 bits per heavy atom. The van der Waals surface area contributed by atoms with Gasteiger partial charge in [0.2, 0.25) is 0 Å². The van der Waals surface area contributed by atoms with Crippen molar-refractivity contribution in [3.63, 3.8) is 0 Å². The van der Waals surface area contributed by atoms with E-state index in [-0.39, 0.29) is 12.3 Å². The van der Waals surface area contributed by atoms with Gasteiger partial charge in [-0.05, 0) is 67.5 Å². The summed E-state index contributed by atoms with van der Waals surface area (Å²) in [6.45, 7) is 5.30. The highest BCUT2D eigenvalue weighted by molar-refractivity contribution is 7.80. The van der Waals surface area contributed by atoms with Crippen molar-refractivity contribution in [3.05, 3.63) is 63.7 Å². The SMILES string of the molecule is CCNC(=S)N/N=C/c1ccc(OCc2ccc([N+](=O)[O-])cc2)c(OCC)c1. The van der Waals surface area contributed by atoms with E-state index in [0.29, 0.717) is 23.2 Å². The molecule has 0 aliphatic carbocycles. The summed E-state index contributed by atoms with van der Waals surface area (Å²) in [6.07, 6.45) is 1.63. The molecule has 0 aromatic heterocycles. The topological polar surface area (TPSA) is 98.0 Å². The molecule has 0 unspecified atom stereocenters. The maximum absolute atomic E-state index is 10.7. The van der Waals surface area contributed by atoms with E-state index in [1.165, 1.54) is 12.1 Å². The summed E-state index contributed by atoms with van der Waals surface area (Å²) in [5.74, 6) is 1.16. The average molecular weight is 402 g/mol. The Bertz CT molecular complexity index is 840. The van der Waals surface area contributed by atoms with E-state index in [0.717, 1.165) is 17.7 Å². The third-order valence-corrected chi connectivity index (χ3v) is 3.76. The minimum atomic E-state index is -0.433. The fourth-order valence-corrected chi connectivity index (χ4v) is 2.43. The molecule has 2 aromatic carbocycles. The van der Waals surface area contributed by atoms with Crippen LogP contribution in [-0.2, 0) is 6.61 Å². The first-order valence-electron chi connectivity index (χ1n) is 8.73. The van der Waals surface area contributed by atoms with Gasteiger partial charge >= 0.3 is 0 Å². The predicted octanol–water partition coefficient (Wildman–Crippen LogP) is 3.39. The second-order valence-electron chi connectivity index (χ2n) is 5.58. The molecular formula is C19H22N4O4S. The van der Waals surface area contributed by atoms with E-state index < -0.39 is 4.92 Å². The van der Waals surface area contributed by atoms with Gasteiger partial charge in [0.25, 0.3) is 5.69 Å². The van der Waals surface area contributed by atoms with Crippen LogP contribution in [0.25, 0.3) is 0 Å². The maximum atomic E-state index is 10.7. The molecule has 0 spiro atoms.